The van der Waals surface area contributed by atoms with Crippen LogP contribution in [0.3, 0.4) is 0 Å². The van der Waals surface area contributed by atoms with Crippen molar-refractivity contribution in [2.45, 2.75) is 0 Å². The van der Waals surface area contributed by atoms with Gasteiger partial charge in [-0.15, -0.1) is 0 Å². The molecule has 6 heteroatoms. The minimum atomic E-state index is 0.558. The van der Waals surface area contributed by atoms with E-state index in [1.807, 2.05) is 12.4 Å². The zero-order valence-electron chi connectivity index (χ0n) is 7.47. The van der Waals surface area contributed by atoms with E-state index in [-0.39, 0.29) is 0 Å². The first-order valence-electron chi connectivity index (χ1n) is 4.20. The molecule has 0 saturated carbocycles. The van der Waals surface area contributed by atoms with Crippen molar-refractivity contribution in [1.29, 1.82) is 0 Å². The quantitative estimate of drug-likeness (QED) is 0.598. The van der Waals surface area contributed by atoms with Gasteiger partial charge in [0.2, 0.25) is 0 Å². The third kappa shape index (κ3) is 2.29. The number of nitrogens with zero attached hydrogens (tertiary/aromatic N) is 1. The Labute approximate surface area is 113 Å². The Bertz CT molecular complexity index is 448. The molecule has 2 aliphatic rings. The Hall–Kier alpha value is 0.508. The Morgan fingerprint density at radius 3 is 2.67 bits per heavy atom. The van der Waals surface area contributed by atoms with Gasteiger partial charge in [0.05, 0.1) is 0 Å². The molecule has 2 nitrogen and oxygen atoms in total. The average molecular weight is 458 g/mol. The second-order valence-corrected chi connectivity index (χ2v) is 13.2. The molecular weight excluding hydrogens is 452 g/mol. The van der Waals surface area contributed by atoms with Crippen LogP contribution >= 0.6 is 0 Å². The van der Waals surface area contributed by atoms with Gasteiger partial charge in [-0.3, -0.25) is 0 Å². The van der Waals surface area contributed by atoms with E-state index < -0.39 is 0 Å². The van der Waals surface area contributed by atoms with E-state index >= 15 is 0 Å². The first-order chi connectivity index (χ1) is 7.43. The molecule has 15 heavy (non-hydrogen) atoms. The van der Waals surface area contributed by atoms with Gasteiger partial charge in [0.1, 0.15) is 0 Å². The number of hydrogen-bond donors (Lipinski definition) is 1. The summed E-state index contributed by atoms with van der Waals surface area (Å²) in [5.74, 6) is 1.10. The van der Waals surface area contributed by atoms with Gasteiger partial charge >= 0.3 is 114 Å². The van der Waals surface area contributed by atoms with Crippen molar-refractivity contribution in [3.8, 4) is 0 Å². The zero-order chi connectivity index (χ0) is 10.1. The predicted octanol–water partition coefficient (Wildman–Crippen LogP) is 0.150. The third-order valence-electron chi connectivity index (χ3n) is 1.78. The molecule has 2 aliphatic heterocycles. The average Bonchev–Trinajstić information content (AvgIpc) is 3.02. The topological polar surface area (TPSA) is 28.7 Å². The molecule has 0 spiro atoms. The summed E-state index contributed by atoms with van der Waals surface area (Å²) >= 11 is 2.55. The van der Waals surface area contributed by atoms with Crippen LogP contribution in [0, 0.1) is 0 Å². The number of hydrogen-bond acceptors (Lipinski definition) is 1. The summed E-state index contributed by atoms with van der Waals surface area (Å²) in [4.78, 5) is 14.7. The van der Waals surface area contributed by atoms with E-state index in [1.54, 1.807) is 6.74 Å². The second-order valence-electron chi connectivity index (χ2n) is 2.72. The monoisotopic (exact) mass is 462 g/mol. The molecule has 1 aromatic rings. The van der Waals surface area contributed by atoms with Crippen LogP contribution in [0.15, 0.2) is 34.1 Å². The van der Waals surface area contributed by atoms with Gasteiger partial charge in [-0.05, 0) is 0 Å². The van der Waals surface area contributed by atoms with Gasteiger partial charge in [-0.25, -0.2) is 0 Å². The fourth-order valence-corrected chi connectivity index (χ4v) is 14.7. The number of H-pyrrole nitrogens is 1. The van der Waals surface area contributed by atoms with Gasteiger partial charge in [-0.2, -0.15) is 0 Å². The van der Waals surface area contributed by atoms with Crippen molar-refractivity contribution in [2.24, 2.45) is 0 Å². The van der Waals surface area contributed by atoms with Crippen molar-refractivity contribution in [3.05, 3.63) is 39.9 Å². The Morgan fingerprint density at radius 1 is 1.07 bits per heavy atom. The van der Waals surface area contributed by atoms with Crippen LogP contribution in [-0.2, 0) is 0 Å². The number of nitrogens with one attached hydrogen (secondary N) is 1. The van der Waals surface area contributed by atoms with Crippen molar-refractivity contribution in [1.82, 2.24) is 9.97 Å². The summed E-state index contributed by atoms with van der Waals surface area (Å²) in [5.41, 5.74) is 0. The van der Waals surface area contributed by atoms with Crippen LogP contribution in [0.1, 0.15) is 5.82 Å². The van der Waals surface area contributed by atoms with Gasteiger partial charge in [0.15, 0.2) is 0 Å². The molecular formula is C9H6N2Se4. The fraction of sp³-hybridized carbons (Fsp3) is 0. The zero-order valence-corrected chi connectivity index (χ0v) is 14.3. The van der Waals surface area contributed by atoms with Crippen molar-refractivity contribution >= 4 is 64.3 Å². The Morgan fingerprint density at radius 2 is 1.93 bits per heavy atom. The van der Waals surface area contributed by atoms with Crippen LogP contribution < -0.4 is 0 Å². The summed E-state index contributed by atoms with van der Waals surface area (Å²) in [6.45, 7) is 0. The van der Waals surface area contributed by atoms with Crippen molar-refractivity contribution in [3.63, 3.8) is 0 Å². The van der Waals surface area contributed by atoms with Crippen LogP contribution in [0.25, 0.3) is 4.47 Å². The molecule has 0 bridgehead atoms. The molecule has 0 aromatic carbocycles. The summed E-state index contributed by atoms with van der Waals surface area (Å²) < 4.78 is 5.05. The molecule has 3 rings (SSSR count). The molecule has 0 aliphatic carbocycles. The summed E-state index contributed by atoms with van der Waals surface area (Å²) in [6.07, 6.45) is 3.75. The molecule has 3 heterocycles. The summed E-state index contributed by atoms with van der Waals surface area (Å²) in [7, 11) is 0. The van der Waals surface area contributed by atoms with E-state index in [0.29, 0.717) is 59.8 Å². The first-order valence-corrected chi connectivity index (χ1v) is 11.5. The predicted molar refractivity (Wildman–Crippen MR) is 65.7 cm³/mol. The second kappa shape index (κ2) is 4.79. The van der Waals surface area contributed by atoms with Crippen molar-refractivity contribution in [2.75, 3.05) is 0 Å². The van der Waals surface area contributed by atoms with Gasteiger partial charge in [-0.1, -0.05) is 0 Å². The standard InChI is InChI=1S/C9H6N2Se4/c1-2-11-7(10-1)6-5-14-9(15-6)8-12-3-4-13-8/h1-5H,(H,10,11). The molecule has 0 saturated heterocycles. The van der Waals surface area contributed by atoms with Gasteiger partial charge < -0.3 is 0 Å². The SMILES string of the molecule is C1=C[Se]C(=C2[Se]C=C(c3ncc[nH]3)[Se]2)[Se]1. The Balaban J connectivity index is 1.80. The normalized spacial score (nSPS) is 20.1. The van der Waals surface area contributed by atoms with Crippen molar-refractivity contribution < 1.29 is 0 Å². The van der Waals surface area contributed by atoms with E-state index in [2.05, 4.69) is 24.9 Å². The van der Waals surface area contributed by atoms with E-state index in [4.69, 9.17) is 0 Å². The maximum atomic E-state index is 4.33. The minimum absolute atomic E-state index is 0.558. The van der Waals surface area contributed by atoms with Gasteiger partial charge in [0, 0.05) is 0 Å². The molecule has 1 N–H and O–H groups in total. The van der Waals surface area contributed by atoms with E-state index in [1.165, 1.54) is 4.47 Å². The van der Waals surface area contributed by atoms with Crippen LogP contribution in [-0.4, -0.2) is 69.8 Å². The number of aromatic nitrogens is 2. The first kappa shape index (κ1) is 10.6. The number of rotatable bonds is 1. The van der Waals surface area contributed by atoms with E-state index in [9.17, 15) is 0 Å². The number of imidazole rings is 1. The number of aromatic amines is 1. The van der Waals surface area contributed by atoms with Crippen LogP contribution in [0.2, 0.25) is 0 Å². The summed E-state index contributed by atoms with van der Waals surface area (Å²) in [5, 5.41) is 0. The third-order valence-corrected chi connectivity index (χ3v) is 16.5. The molecule has 0 amide bonds. The summed E-state index contributed by atoms with van der Waals surface area (Å²) in [6, 6.07) is 0. The molecule has 1 aromatic heterocycles. The molecule has 0 fully saturated rings. The van der Waals surface area contributed by atoms with E-state index in [0.717, 1.165) is 5.82 Å². The molecule has 0 unspecified atom stereocenters. The maximum absolute atomic E-state index is 4.33. The fourth-order valence-electron chi connectivity index (χ4n) is 1.15. The Kier molecular flexibility index (Phi) is 3.40. The molecule has 76 valence electrons. The molecule has 0 radical (unpaired) electrons. The van der Waals surface area contributed by atoms with Gasteiger partial charge in [0.25, 0.3) is 0 Å². The van der Waals surface area contributed by atoms with Crippen LogP contribution in [0.5, 0.6) is 0 Å². The molecule has 0 atom stereocenters. The van der Waals surface area contributed by atoms with Crippen LogP contribution in [0.4, 0.5) is 0 Å².